The van der Waals surface area contributed by atoms with Gasteiger partial charge < -0.3 is 19.9 Å². The Labute approximate surface area is 280 Å². The van der Waals surface area contributed by atoms with Crippen LogP contribution in [0.5, 0.6) is 0 Å². The number of thiazole rings is 1. The number of rotatable bonds is 9. The fourth-order valence-electron chi connectivity index (χ4n) is 5.05. The van der Waals surface area contributed by atoms with E-state index in [1.807, 2.05) is 0 Å². The second kappa shape index (κ2) is 14.1. The summed E-state index contributed by atoms with van der Waals surface area (Å²) in [4.78, 5) is 59.1. The predicted molar refractivity (Wildman–Crippen MR) is 165 cm³/mol. The van der Waals surface area contributed by atoms with E-state index in [-0.39, 0.29) is 57.2 Å². The molecule has 16 heteroatoms. The van der Waals surface area contributed by atoms with Crippen LogP contribution in [0.25, 0.3) is 32.6 Å². The van der Waals surface area contributed by atoms with Gasteiger partial charge in [0.1, 0.15) is 16.4 Å². The molecule has 0 atom stereocenters. The van der Waals surface area contributed by atoms with Crippen molar-refractivity contribution < 1.29 is 32.7 Å². The Morgan fingerprint density at radius 3 is 2.56 bits per heavy atom. The van der Waals surface area contributed by atoms with Gasteiger partial charge in [0, 0.05) is 66.9 Å². The fourth-order valence-corrected chi connectivity index (χ4v) is 5.91. The van der Waals surface area contributed by atoms with E-state index in [1.165, 1.54) is 24.5 Å². The summed E-state index contributed by atoms with van der Waals surface area (Å²) in [5.74, 6) is -1.27. The van der Waals surface area contributed by atoms with Crippen LogP contribution in [-0.2, 0) is 17.5 Å². The predicted octanol–water partition coefficient (Wildman–Crippen LogP) is 4.41. The van der Waals surface area contributed by atoms with Crippen LogP contribution in [0.4, 0.5) is 23.8 Å². The molecule has 3 amide bonds. The van der Waals surface area contributed by atoms with Crippen LogP contribution in [0, 0.1) is 0 Å². The molecule has 232 valence electrons. The molecule has 3 N–H and O–H groups in total. The molecule has 0 unspecified atom stereocenters. The molecule has 11 nitrogen and oxygen atoms in total. The summed E-state index contributed by atoms with van der Waals surface area (Å²) in [5, 5.41) is 15.8. The number of aryl methyl sites for hydroxylation is 1. The molecule has 0 aliphatic carbocycles. The molecule has 0 bridgehead atoms. The monoisotopic (exact) mass is 652 g/mol. The van der Waals surface area contributed by atoms with E-state index in [4.69, 9.17) is 0 Å². The first-order valence-corrected chi connectivity index (χ1v) is 14.6. The molecule has 0 saturated carbocycles. The first kappa shape index (κ1) is 34.1. The maximum absolute atomic E-state index is 13.4. The number of carboxylic acids is 1. The van der Waals surface area contributed by atoms with Crippen molar-refractivity contribution in [3.8, 4) is 21.7 Å². The zero-order valence-electron chi connectivity index (χ0n) is 23.4. The Hall–Kier alpha value is -3.79. The first-order chi connectivity index (χ1) is 21.0. The normalized spacial score (nSPS) is 13.2. The summed E-state index contributed by atoms with van der Waals surface area (Å²) in [6.45, 7) is 3.55. The first-order valence-electron chi connectivity index (χ1n) is 13.7. The van der Waals surface area contributed by atoms with Crippen LogP contribution in [0.1, 0.15) is 42.2 Å². The van der Waals surface area contributed by atoms with Crippen molar-refractivity contribution in [3.63, 3.8) is 0 Å². The number of carbonyl (C=O) groups is 3. The Balaban J connectivity index is 0.00000461. The number of carboxylic acid groups (broad SMARTS) is 1. The van der Waals surface area contributed by atoms with Crippen molar-refractivity contribution in [2.24, 2.45) is 0 Å². The van der Waals surface area contributed by atoms with E-state index < -0.39 is 34.9 Å². The number of amides is 3. The van der Waals surface area contributed by atoms with E-state index in [0.29, 0.717) is 55.7 Å². The number of urea groups is 1. The van der Waals surface area contributed by atoms with Gasteiger partial charge in [-0.1, -0.05) is 6.07 Å². The zero-order chi connectivity index (χ0) is 31.6. The molecule has 0 spiro atoms. The Morgan fingerprint density at radius 1 is 1.13 bits per heavy atom. The molecule has 1 aromatic carbocycles. The van der Waals surface area contributed by atoms with Gasteiger partial charge in [-0.25, -0.2) is 19.6 Å². The van der Waals surface area contributed by atoms with Crippen molar-refractivity contribution in [2.45, 2.75) is 38.9 Å². The minimum atomic E-state index is -4.67. The molecule has 4 aromatic rings. The molecule has 1 aliphatic heterocycles. The fraction of sp³-hybridized carbons (Fsp3) is 0.310. The van der Waals surface area contributed by atoms with Gasteiger partial charge in [-0.15, -0.1) is 11.3 Å². The van der Waals surface area contributed by atoms with Crippen LogP contribution in [0.3, 0.4) is 0 Å². The summed E-state index contributed by atoms with van der Waals surface area (Å²) >= 11 is 0.753. The van der Waals surface area contributed by atoms with E-state index in [2.05, 4.69) is 20.6 Å². The number of hydrogen-bond donors (Lipinski definition) is 3. The number of aromatic carboxylic acids is 1. The number of nitrogens with one attached hydrogen (secondary N) is 2. The second-order valence-corrected chi connectivity index (χ2v) is 10.9. The van der Waals surface area contributed by atoms with Gasteiger partial charge in [0.25, 0.3) is 0 Å². The molecule has 1 fully saturated rings. The number of likely N-dealkylation sites (tertiary alicyclic amines) is 1. The maximum atomic E-state index is 13.4. The van der Waals surface area contributed by atoms with Crippen molar-refractivity contribution in [1.29, 1.82) is 0 Å². The van der Waals surface area contributed by atoms with E-state index >= 15 is 0 Å². The van der Waals surface area contributed by atoms with Gasteiger partial charge in [0.2, 0.25) is 11.3 Å². The number of aromatic nitrogens is 3. The van der Waals surface area contributed by atoms with Crippen LogP contribution < -0.4 is 16.1 Å². The summed E-state index contributed by atoms with van der Waals surface area (Å²) in [5.41, 5.74) is -0.885. The number of pyridine rings is 2. The number of nitrogens with zero attached hydrogens (tertiary/aromatic N) is 4. The van der Waals surface area contributed by atoms with Crippen molar-refractivity contribution in [3.05, 3.63) is 63.5 Å². The van der Waals surface area contributed by atoms with Gasteiger partial charge in [0.05, 0.1) is 5.52 Å². The van der Waals surface area contributed by atoms with Gasteiger partial charge in [-0.2, -0.15) is 13.2 Å². The third kappa shape index (κ3) is 7.54. The van der Waals surface area contributed by atoms with Gasteiger partial charge in [0.15, 0.2) is 5.69 Å². The third-order valence-corrected chi connectivity index (χ3v) is 8.00. The molecular weight excluding hydrogens is 624 g/mol. The summed E-state index contributed by atoms with van der Waals surface area (Å²) in [6.07, 6.45) is -0.215. The van der Waals surface area contributed by atoms with Crippen LogP contribution in [-0.4, -0.2) is 91.6 Å². The van der Waals surface area contributed by atoms with Crippen molar-refractivity contribution in [2.75, 3.05) is 25.0 Å². The number of anilines is 1. The van der Waals surface area contributed by atoms with Crippen molar-refractivity contribution >= 4 is 75.5 Å². The van der Waals surface area contributed by atoms with E-state index in [1.54, 1.807) is 28.5 Å². The molecule has 5 rings (SSSR count). The molecule has 45 heavy (non-hydrogen) atoms. The van der Waals surface area contributed by atoms with Gasteiger partial charge in [-0.05, 0) is 43.5 Å². The Morgan fingerprint density at radius 2 is 1.91 bits per heavy atom. The van der Waals surface area contributed by atoms with Crippen molar-refractivity contribution in [1.82, 2.24) is 24.8 Å². The minimum absolute atomic E-state index is 0. The Bertz CT molecular complexity index is 1830. The molecular formula is C29H28F3N6NaO5S. The van der Waals surface area contributed by atoms with Gasteiger partial charge in [-0.3, -0.25) is 14.9 Å². The number of fused-ring (bicyclic) bond motifs is 1. The van der Waals surface area contributed by atoms with Crippen LogP contribution in [0.2, 0.25) is 0 Å². The molecule has 3 aromatic heterocycles. The number of hydrogen-bond acceptors (Lipinski definition) is 7. The second-order valence-electron chi connectivity index (χ2n) is 10.1. The van der Waals surface area contributed by atoms with Gasteiger partial charge >= 0.3 is 47.7 Å². The Kier molecular flexibility index (Phi) is 10.7. The third-order valence-electron chi connectivity index (χ3n) is 7.13. The quantitative estimate of drug-likeness (QED) is 0.227. The average molecular weight is 653 g/mol. The molecule has 1 aliphatic rings. The summed E-state index contributed by atoms with van der Waals surface area (Å²) < 4.78 is 41.8. The molecule has 1 saturated heterocycles. The number of halogens is 3. The molecule has 4 heterocycles. The van der Waals surface area contributed by atoms with Crippen LogP contribution >= 0.6 is 11.3 Å². The number of alkyl halides is 3. The average Bonchev–Trinajstić information content (AvgIpc) is 3.64. The topological polar surface area (TPSA) is 147 Å². The number of benzene rings is 1. The number of carbonyl (C=O) groups excluding carboxylic acids is 2. The molecule has 0 radical (unpaired) electrons. The summed E-state index contributed by atoms with van der Waals surface area (Å²) in [6, 6.07) is 5.58. The van der Waals surface area contributed by atoms with E-state index in [0.717, 1.165) is 23.1 Å². The van der Waals surface area contributed by atoms with E-state index in [9.17, 15) is 37.5 Å². The standard InChI is InChI=1S/C29H27F3N6O5S.Na.H/c1-2-33-28(43)36-23-12-17(26-35-22(15-44-26)29(30,31)32)19(13-34-23)16-6-7-21-18(11-16)25(40)20(27(41)42)14-38(21)10-4-9-37-8-3-5-24(37)39;;/h6-7,11-15H,2-5,8-10H2,1H3,(H,41,42)(H2,33,34,36,43);;. The summed E-state index contributed by atoms with van der Waals surface area (Å²) in [7, 11) is 0. The van der Waals surface area contributed by atoms with Crippen LogP contribution in [0.15, 0.2) is 46.8 Å². The zero-order valence-corrected chi connectivity index (χ0v) is 24.2. The SMILES string of the molecule is CCNC(=O)Nc1cc(-c2nc(C(F)(F)F)cs2)c(-c2ccc3c(c2)c(=O)c(C(=O)O)cn3CCCN2CCCC2=O)cn1.[NaH].